The maximum atomic E-state index is 13.6. The molecular formula is C17H18ClFO2. The Labute approximate surface area is 129 Å². The zero-order valence-corrected chi connectivity index (χ0v) is 12.8. The van der Waals surface area contributed by atoms with E-state index < -0.39 is 5.82 Å². The molecule has 2 aromatic carbocycles. The second-order valence-electron chi connectivity index (χ2n) is 5.38. The Morgan fingerprint density at radius 2 is 2.00 bits per heavy atom. The molecule has 2 aromatic rings. The highest BCUT2D eigenvalue weighted by Gasteiger charge is 2.09. The van der Waals surface area contributed by atoms with E-state index in [0.29, 0.717) is 22.3 Å². The van der Waals surface area contributed by atoms with Crippen molar-refractivity contribution in [2.24, 2.45) is 5.92 Å². The third-order valence-electron chi connectivity index (χ3n) is 3.13. The second kappa shape index (κ2) is 6.81. The van der Waals surface area contributed by atoms with Gasteiger partial charge in [-0.25, -0.2) is 4.39 Å². The standard InChI is InChI=1S/C17H18ClFO2/c1-11(2)8-12-6-7-13(9-17(12)20)21-10-14-15(18)4-3-5-16(14)19/h3-7,9,11,20H,8,10H2,1-2H3. The van der Waals surface area contributed by atoms with Gasteiger partial charge in [0.1, 0.15) is 23.9 Å². The molecule has 0 bridgehead atoms. The van der Waals surface area contributed by atoms with Crippen molar-refractivity contribution in [1.82, 2.24) is 0 Å². The van der Waals surface area contributed by atoms with Gasteiger partial charge < -0.3 is 9.84 Å². The molecule has 0 unspecified atom stereocenters. The Hall–Kier alpha value is -1.74. The number of hydrogen-bond acceptors (Lipinski definition) is 2. The van der Waals surface area contributed by atoms with Crippen LogP contribution in [0.2, 0.25) is 5.02 Å². The Bertz CT molecular complexity index is 606. The first-order valence-electron chi connectivity index (χ1n) is 6.85. The van der Waals surface area contributed by atoms with Gasteiger partial charge in [-0.1, -0.05) is 37.6 Å². The molecule has 1 N–H and O–H groups in total. The average molecular weight is 309 g/mol. The van der Waals surface area contributed by atoms with Crippen LogP contribution in [0.4, 0.5) is 4.39 Å². The van der Waals surface area contributed by atoms with Crippen LogP contribution in [0.3, 0.4) is 0 Å². The van der Waals surface area contributed by atoms with E-state index in [1.165, 1.54) is 6.07 Å². The van der Waals surface area contributed by atoms with Crippen molar-refractivity contribution in [2.75, 3.05) is 0 Å². The van der Waals surface area contributed by atoms with E-state index in [9.17, 15) is 9.50 Å². The lowest BCUT2D eigenvalue weighted by atomic mass is 10.0. The molecule has 112 valence electrons. The summed E-state index contributed by atoms with van der Waals surface area (Å²) in [5.41, 5.74) is 1.19. The predicted molar refractivity (Wildman–Crippen MR) is 82.4 cm³/mol. The largest absolute Gasteiger partial charge is 0.508 e. The third kappa shape index (κ3) is 4.11. The number of hydrogen-bond donors (Lipinski definition) is 1. The lowest BCUT2D eigenvalue weighted by Crippen LogP contribution is -2.00. The highest BCUT2D eigenvalue weighted by atomic mass is 35.5. The maximum Gasteiger partial charge on any atom is 0.131 e. The Kier molecular flexibility index (Phi) is 5.07. The molecule has 0 amide bonds. The van der Waals surface area contributed by atoms with Gasteiger partial charge in [-0.05, 0) is 36.1 Å². The van der Waals surface area contributed by atoms with Crippen LogP contribution in [-0.4, -0.2) is 5.11 Å². The Morgan fingerprint density at radius 3 is 2.62 bits per heavy atom. The van der Waals surface area contributed by atoms with Crippen molar-refractivity contribution in [3.05, 3.63) is 58.4 Å². The van der Waals surface area contributed by atoms with Gasteiger partial charge >= 0.3 is 0 Å². The molecule has 0 saturated carbocycles. The zero-order valence-electron chi connectivity index (χ0n) is 12.1. The fraction of sp³-hybridized carbons (Fsp3) is 0.294. The minimum atomic E-state index is -0.400. The fourth-order valence-electron chi connectivity index (χ4n) is 2.07. The summed E-state index contributed by atoms with van der Waals surface area (Å²) >= 11 is 5.94. The summed E-state index contributed by atoms with van der Waals surface area (Å²) in [5, 5.41) is 10.3. The van der Waals surface area contributed by atoms with Gasteiger partial charge in [0.15, 0.2) is 0 Å². The van der Waals surface area contributed by atoms with E-state index >= 15 is 0 Å². The molecule has 0 radical (unpaired) electrons. The van der Waals surface area contributed by atoms with Crippen LogP contribution in [0.5, 0.6) is 11.5 Å². The van der Waals surface area contributed by atoms with Crippen molar-refractivity contribution in [3.8, 4) is 11.5 Å². The molecule has 0 aliphatic heterocycles. The van der Waals surface area contributed by atoms with Crippen LogP contribution in [0.15, 0.2) is 36.4 Å². The molecule has 21 heavy (non-hydrogen) atoms. The van der Waals surface area contributed by atoms with Crippen LogP contribution < -0.4 is 4.74 Å². The fourth-order valence-corrected chi connectivity index (χ4v) is 2.29. The maximum absolute atomic E-state index is 13.6. The molecule has 2 rings (SSSR count). The minimum absolute atomic E-state index is 0.0223. The quantitative estimate of drug-likeness (QED) is 0.845. The molecule has 4 heteroatoms. The SMILES string of the molecule is CC(C)Cc1ccc(OCc2c(F)cccc2Cl)cc1O. The summed E-state index contributed by atoms with van der Waals surface area (Å²) < 4.78 is 19.1. The van der Waals surface area contributed by atoms with Crippen molar-refractivity contribution in [2.45, 2.75) is 26.9 Å². The van der Waals surface area contributed by atoms with Crippen LogP contribution in [0.1, 0.15) is 25.0 Å². The van der Waals surface area contributed by atoms with E-state index in [1.54, 1.807) is 24.3 Å². The topological polar surface area (TPSA) is 29.5 Å². The third-order valence-corrected chi connectivity index (χ3v) is 3.48. The highest BCUT2D eigenvalue weighted by molar-refractivity contribution is 6.31. The molecule has 0 aromatic heterocycles. The van der Waals surface area contributed by atoms with Gasteiger partial charge in [0, 0.05) is 11.6 Å². The van der Waals surface area contributed by atoms with E-state index in [1.807, 2.05) is 6.07 Å². The normalized spacial score (nSPS) is 10.9. The van der Waals surface area contributed by atoms with Crippen LogP contribution in [0.25, 0.3) is 0 Å². The number of phenols is 1. The van der Waals surface area contributed by atoms with Gasteiger partial charge in [-0.2, -0.15) is 0 Å². The van der Waals surface area contributed by atoms with Crippen molar-refractivity contribution in [1.29, 1.82) is 0 Å². The first-order chi connectivity index (χ1) is 9.97. The molecule has 0 aliphatic carbocycles. The zero-order chi connectivity index (χ0) is 15.4. The van der Waals surface area contributed by atoms with E-state index in [4.69, 9.17) is 16.3 Å². The molecule has 0 aliphatic rings. The number of rotatable bonds is 5. The summed E-state index contributed by atoms with van der Waals surface area (Å²) in [6.45, 7) is 4.20. The van der Waals surface area contributed by atoms with Crippen LogP contribution >= 0.6 is 11.6 Å². The average Bonchev–Trinajstić information content (AvgIpc) is 2.41. The summed E-state index contributed by atoms with van der Waals surface area (Å²) in [4.78, 5) is 0. The number of ether oxygens (including phenoxy) is 1. The first-order valence-corrected chi connectivity index (χ1v) is 7.22. The molecule has 2 nitrogen and oxygen atoms in total. The number of halogens is 2. The van der Waals surface area contributed by atoms with Crippen molar-refractivity contribution >= 4 is 11.6 Å². The minimum Gasteiger partial charge on any atom is -0.508 e. The summed E-state index contributed by atoms with van der Waals surface area (Å²) in [6.07, 6.45) is 0.797. The van der Waals surface area contributed by atoms with Gasteiger partial charge in [0.05, 0.1) is 5.02 Å². The van der Waals surface area contributed by atoms with E-state index in [-0.39, 0.29) is 12.4 Å². The second-order valence-corrected chi connectivity index (χ2v) is 5.78. The van der Waals surface area contributed by atoms with Crippen molar-refractivity contribution < 1.29 is 14.2 Å². The Morgan fingerprint density at radius 1 is 1.24 bits per heavy atom. The van der Waals surface area contributed by atoms with Gasteiger partial charge in [0.2, 0.25) is 0 Å². The van der Waals surface area contributed by atoms with Gasteiger partial charge in [-0.15, -0.1) is 0 Å². The molecule has 0 atom stereocenters. The molecule has 0 spiro atoms. The molecule has 0 fully saturated rings. The van der Waals surface area contributed by atoms with E-state index in [2.05, 4.69) is 13.8 Å². The predicted octanol–water partition coefficient (Wildman–Crippen LogP) is 4.96. The van der Waals surface area contributed by atoms with Gasteiger partial charge in [-0.3, -0.25) is 0 Å². The smallest absolute Gasteiger partial charge is 0.131 e. The number of phenolic OH excluding ortho intramolecular Hbond substituents is 1. The van der Waals surface area contributed by atoms with Crippen molar-refractivity contribution in [3.63, 3.8) is 0 Å². The monoisotopic (exact) mass is 308 g/mol. The first kappa shape index (κ1) is 15.6. The lowest BCUT2D eigenvalue weighted by molar-refractivity contribution is 0.298. The summed E-state index contributed by atoms with van der Waals surface area (Å²) in [7, 11) is 0. The highest BCUT2D eigenvalue weighted by Crippen LogP contribution is 2.27. The van der Waals surface area contributed by atoms with Crippen LogP contribution in [-0.2, 0) is 13.0 Å². The molecule has 0 saturated heterocycles. The summed E-state index contributed by atoms with van der Waals surface area (Å²) in [6, 6.07) is 9.65. The lowest BCUT2D eigenvalue weighted by Gasteiger charge is -2.11. The molecule has 0 heterocycles. The summed E-state index contributed by atoms with van der Waals surface area (Å²) in [5.74, 6) is 0.739. The molecular weight excluding hydrogens is 291 g/mol. The Balaban J connectivity index is 2.09. The number of aromatic hydroxyl groups is 1. The number of benzene rings is 2. The van der Waals surface area contributed by atoms with E-state index in [0.717, 1.165) is 12.0 Å². The van der Waals surface area contributed by atoms with Gasteiger partial charge in [0.25, 0.3) is 0 Å². The van der Waals surface area contributed by atoms with Crippen LogP contribution in [0, 0.1) is 11.7 Å².